The number of hydrogen-bond acceptors (Lipinski definition) is 3. The van der Waals surface area contributed by atoms with Gasteiger partial charge in [0.25, 0.3) is 5.91 Å². The highest BCUT2D eigenvalue weighted by Crippen LogP contribution is 2.23. The topological polar surface area (TPSA) is 29.5 Å². The minimum Gasteiger partial charge on any atom is -0.485 e. The highest BCUT2D eigenvalue weighted by atomic mass is 79.9. The molecule has 0 aromatic heterocycles. The molecule has 1 amide bonds. The molecule has 2 rings (SSSR count). The molecule has 0 spiro atoms. The van der Waals surface area contributed by atoms with Crippen molar-refractivity contribution in [3.8, 4) is 0 Å². The van der Waals surface area contributed by atoms with Gasteiger partial charge in [0.05, 0.1) is 22.8 Å². The van der Waals surface area contributed by atoms with Crippen LogP contribution in [0.4, 0.5) is 0 Å². The number of carbonyl (C=O) groups excluding carboxylic acids is 1. The number of halogens is 1. The molecular formula is C18H20BrNO2S. The summed E-state index contributed by atoms with van der Waals surface area (Å²) in [6, 6.07) is 13.3. The summed E-state index contributed by atoms with van der Waals surface area (Å²) in [5.74, 6) is 0.00865. The molecular weight excluding hydrogens is 374 g/mol. The van der Waals surface area contributed by atoms with Crippen LogP contribution in [0.2, 0.25) is 0 Å². The second kappa shape index (κ2) is 7.88. The summed E-state index contributed by atoms with van der Waals surface area (Å²) in [6.45, 7) is 6.40. The lowest BCUT2D eigenvalue weighted by Crippen LogP contribution is -2.42. The van der Waals surface area contributed by atoms with Gasteiger partial charge in [-0.1, -0.05) is 44.2 Å². The Kier molecular flexibility index (Phi) is 6.13. The first kappa shape index (κ1) is 17.9. The van der Waals surface area contributed by atoms with E-state index in [0.29, 0.717) is 17.2 Å². The van der Waals surface area contributed by atoms with Gasteiger partial charge >= 0.3 is 0 Å². The monoisotopic (exact) mass is 393 g/mol. The third-order valence-corrected chi connectivity index (χ3v) is 4.72. The molecule has 0 saturated carbocycles. The minimum absolute atomic E-state index is 0.128. The molecule has 0 aliphatic rings. The van der Waals surface area contributed by atoms with E-state index in [9.17, 15) is 4.79 Å². The van der Waals surface area contributed by atoms with Crippen molar-refractivity contribution in [2.75, 3.05) is 6.61 Å². The Bertz CT molecular complexity index is 717. The van der Waals surface area contributed by atoms with Crippen molar-refractivity contribution < 1.29 is 9.53 Å². The molecule has 0 aliphatic heterocycles. The summed E-state index contributed by atoms with van der Waals surface area (Å²) in [6.07, 6.45) is 0. The predicted molar refractivity (Wildman–Crippen MR) is 102 cm³/mol. The van der Waals surface area contributed by atoms with Crippen LogP contribution in [0.25, 0.3) is 10.8 Å². The number of amides is 1. The van der Waals surface area contributed by atoms with E-state index < -0.39 is 0 Å². The fraction of sp³-hybridized carbons (Fsp3) is 0.333. The van der Waals surface area contributed by atoms with E-state index >= 15 is 0 Å². The Morgan fingerprint density at radius 1 is 1.22 bits per heavy atom. The molecule has 0 bridgehead atoms. The van der Waals surface area contributed by atoms with E-state index in [1.165, 1.54) is 3.93 Å². The maximum absolute atomic E-state index is 12.8. The lowest BCUT2D eigenvalue weighted by molar-refractivity contribution is 0.0840. The zero-order valence-corrected chi connectivity index (χ0v) is 15.9. The number of ether oxygens (including phenoxy) is 1. The van der Waals surface area contributed by atoms with Gasteiger partial charge in [-0.05, 0) is 48.0 Å². The van der Waals surface area contributed by atoms with Gasteiger partial charge < -0.3 is 4.74 Å². The van der Waals surface area contributed by atoms with Crippen LogP contribution in [0, 0.1) is 5.92 Å². The van der Waals surface area contributed by atoms with Gasteiger partial charge in [0.15, 0.2) is 5.05 Å². The van der Waals surface area contributed by atoms with E-state index in [-0.39, 0.29) is 17.9 Å². The normalized spacial score (nSPS) is 12.2. The van der Waals surface area contributed by atoms with Crippen molar-refractivity contribution in [1.82, 2.24) is 3.93 Å². The van der Waals surface area contributed by atoms with Crippen LogP contribution in [0.1, 0.15) is 31.1 Å². The molecule has 0 radical (unpaired) electrons. The van der Waals surface area contributed by atoms with Crippen molar-refractivity contribution in [2.45, 2.75) is 26.8 Å². The summed E-state index contributed by atoms with van der Waals surface area (Å²) in [5.41, 5.74) is 0.616. The lowest BCUT2D eigenvalue weighted by atomic mass is 10.0. The quantitative estimate of drug-likeness (QED) is 0.529. The molecule has 0 aliphatic carbocycles. The Labute approximate surface area is 151 Å². The van der Waals surface area contributed by atoms with Crippen molar-refractivity contribution in [1.29, 1.82) is 0 Å². The van der Waals surface area contributed by atoms with E-state index in [0.717, 1.165) is 10.8 Å². The van der Waals surface area contributed by atoms with Crippen LogP contribution < -0.4 is 0 Å². The SMILES string of the molecule is CCOC(=S)C(C(C)C)N(Br)C(=O)c1ccc2ccccc2c1. The van der Waals surface area contributed by atoms with Crippen molar-refractivity contribution in [3.63, 3.8) is 0 Å². The summed E-state index contributed by atoms with van der Waals surface area (Å²) in [7, 11) is 0. The highest BCUT2D eigenvalue weighted by Gasteiger charge is 2.30. The number of fused-ring (bicyclic) bond motifs is 1. The molecule has 3 nitrogen and oxygen atoms in total. The number of thiocarbonyl (C=S) groups is 1. The molecule has 1 unspecified atom stereocenters. The molecule has 0 fully saturated rings. The summed E-state index contributed by atoms with van der Waals surface area (Å²) < 4.78 is 6.95. The Morgan fingerprint density at radius 3 is 2.48 bits per heavy atom. The van der Waals surface area contributed by atoms with Crippen molar-refractivity contribution in [3.05, 3.63) is 48.0 Å². The van der Waals surface area contributed by atoms with E-state index in [2.05, 4.69) is 16.1 Å². The van der Waals surface area contributed by atoms with E-state index in [1.807, 2.05) is 63.2 Å². The van der Waals surface area contributed by atoms with Gasteiger partial charge in [-0.2, -0.15) is 0 Å². The van der Waals surface area contributed by atoms with E-state index in [4.69, 9.17) is 17.0 Å². The third kappa shape index (κ3) is 4.09. The standard InChI is InChI=1S/C18H20BrNO2S/c1-4-22-18(23)16(12(2)3)20(19)17(21)15-10-9-13-7-5-6-8-14(13)11-15/h5-12,16H,4H2,1-3H3. The van der Waals surface area contributed by atoms with Crippen LogP contribution in [-0.4, -0.2) is 27.5 Å². The zero-order chi connectivity index (χ0) is 17.0. The maximum Gasteiger partial charge on any atom is 0.264 e. The Balaban J connectivity index is 2.30. The van der Waals surface area contributed by atoms with Gasteiger partial charge in [-0.15, -0.1) is 0 Å². The average Bonchev–Trinajstić information content (AvgIpc) is 2.53. The first-order chi connectivity index (χ1) is 11.0. The van der Waals surface area contributed by atoms with Gasteiger partial charge in [-0.3, -0.25) is 8.72 Å². The number of carbonyl (C=O) groups is 1. The van der Waals surface area contributed by atoms with Crippen LogP contribution in [0.3, 0.4) is 0 Å². The Morgan fingerprint density at radius 2 is 1.87 bits per heavy atom. The lowest BCUT2D eigenvalue weighted by Gasteiger charge is -2.29. The zero-order valence-electron chi connectivity index (χ0n) is 13.5. The van der Waals surface area contributed by atoms with Gasteiger partial charge in [0, 0.05) is 5.56 Å². The van der Waals surface area contributed by atoms with Gasteiger partial charge in [0.1, 0.15) is 6.04 Å². The fourth-order valence-corrected chi connectivity index (χ4v) is 3.92. The number of nitrogens with zero attached hydrogens (tertiary/aromatic N) is 1. The van der Waals surface area contributed by atoms with Crippen LogP contribution >= 0.6 is 28.4 Å². The molecule has 2 aromatic rings. The first-order valence-electron chi connectivity index (χ1n) is 7.60. The predicted octanol–water partition coefficient (Wildman–Crippen LogP) is 4.98. The summed E-state index contributed by atoms with van der Waals surface area (Å²) in [4.78, 5) is 12.8. The molecule has 23 heavy (non-hydrogen) atoms. The number of hydrogen-bond donors (Lipinski definition) is 0. The number of benzene rings is 2. The highest BCUT2D eigenvalue weighted by molar-refractivity contribution is 9.07. The van der Waals surface area contributed by atoms with Gasteiger partial charge in [0.2, 0.25) is 0 Å². The molecule has 122 valence electrons. The first-order valence-corrected chi connectivity index (χ1v) is 8.72. The van der Waals surface area contributed by atoms with Crippen LogP contribution in [0.5, 0.6) is 0 Å². The second-order valence-corrected chi connectivity index (χ2v) is 6.79. The molecule has 0 saturated heterocycles. The largest absolute Gasteiger partial charge is 0.485 e. The smallest absolute Gasteiger partial charge is 0.264 e. The summed E-state index contributed by atoms with van der Waals surface area (Å²) >= 11 is 8.73. The summed E-state index contributed by atoms with van der Waals surface area (Å²) in [5, 5.41) is 2.57. The second-order valence-electron chi connectivity index (χ2n) is 5.62. The fourth-order valence-electron chi connectivity index (χ4n) is 2.43. The molecule has 0 heterocycles. The molecule has 5 heteroatoms. The van der Waals surface area contributed by atoms with Gasteiger partial charge in [-0.25, -0.2) is 0 Å². The maximum atomic E-state index is 12.8. The molecule has 1 atom stereocenters. The van der Waals surface area contributed by atoms with Crippen molar-refractivity contribution >= 4 is 50.1 Å². The molecule has 0 N–H and O–H groups in total. The number of rotatable bonds is 5. The third-order valence-electron chi connectivity index (χ3n) is 3.59. The van der Waals surface area contributed by atoms with Crippen LogP contribution in [0.15, 0.2) is 42.5 Å². The van der Waals surface area contributed by atoms with E-state index in [1.54, 1.807) is 0 Å². The molecule has 2 aromatic carbocycles. The average molecular weight is 394 g/mol. The minimum atomic E-state index is -0.302. The Hall–Kier alpha value is -1.46. The van der Waals surface area contributed by atoms with Crippen molar-refractivity contribution in [2.24, 2.45) is 5.92 Å². The van der Waals surface area contributed by atoms with Crippen LogP contribution in [-0.2, 0) is 4.74 Å².